The highest BCUT2D eigenvalue weighted by molar-refractivity contribution is 7.54. The Morgan fingerprint density at radius 1 is 0.907 bits per heavy atom. The number of benzene rings is 2. The average molecular weight is 663 g/mol. The zero-order valence-electron chi connectivity index (χ0n) is 24.2. The van der Waals surface area contributed by atoms with Gasteiger partial charge in [0.15, 0.2) is 6.79 Å². The van der Waals surface area contributed by atoms with Crippen LogP contribution in [0.4, 0.5) is 11.4 Å². The van der Waals surface area contributed by atoms with Crippen LogP contribution < -0.4 is 20.2 Å². The summed E-state index contributed by atoms with van der Waals surface area (Å²) in [5, 5.41) is 18.6. The van der Waals surface area contributed by atoms with Crippen molar-refractivity contribution in [3.8, 4) is 5.75 Å². The monoisotopic (exact) mass is 662 g/mol. The molecule has 0 fully saturated rings. The second kappa shape index (κ2) is 16.0. The van der Waals surface area contributed by atoms with Gasteiger partial charge in [-0.25, -0.2) is 10.2 Å². The van der Waals surface area contributed by atoms with Gasteiger partial charge in [0.05, 0.1) is 33.4 Å². The highest BCUT2D eigenvalue weighted by Crippen LogP contribution is 2.39. The van der Waals surface area contributed by atoms with E-state index in [0.717, 1.165) is 12.1 Å². The van der Waals surface area contributed by atoms with Crippen LogP contribution in [0.15, 0.2) is 36.4 Å². The number of anilines is 1. The number of halogens is 2. The summed E-state index contributed by atoms with van der Waals surface area (Å²) in [7, 11) is -4.21. The summed E-state index contributed by atoms with van der Waals surface area (Å²) in [5.41, 5.74) is -0.261. The third-order valence-electron chi connectivity index (χ3n) is 5.18. The first-order valence-electron chi connectivity index (χ1n) is 12.9. The number of ether oxygens (including phenoxy) is 3. The van der Waals surface area contributed by atoms with Crippen molar-refractivity contribution < 1.29 is 42.6 Å². The zero-order chi connectivity index (χ0) is 32.5. The van der Waals surface area contributed by atoms with Gasteiger partial charge >= 0.3 is 19.6 Å². The van der Waals surface area contributed by atoms with E-state index in [-0.39, 0.29) is 32.7 Å². The lowest BCUT2D eigenvalue weighted by Gasteiger charge is -2.26. The van der Waals surface area contributed by atoms with E-state index < -0.39 is 61.5 Å². The van der Waals surface area contributed by atoms with Gasteiger partial charge in [0.1, 0.15) is 17.8 Å². The minimum Gasteiger partial charge on any atom is -0.466 e. The lowest BCUT2D eigenvalue weighted by molar-refractivity contribution is -0.384. The van der Waals surface area contributed by atoms with Crippen molar-refractivity contribution in [1.82, 2.24) is 10.2 Å². The third-order valence-corrected chi connectivity index (χ3v) is 7.66. The van der Waals surface area contributed by atoms with Crippen LogP contribution in [0, 0.1) is 10.1 Å². The third kappa shape index (κ3) is 11.4. The van der Waals surface area contributed by atoms with Crippen molar-refractivity contribution >= 4 is 60.1 Å². The second-order valence-electron chi connectivity index (χ2n) is 9.63. The molecule has 0 bridgehead atoms. The molecule has 2 aromatic carbocycles. The highest BCUT2D eigenvalue weighted by Gasteiger charge is 2.34. The number of nitrogens with zero attached hydrogens (tertiary/aromatic N) is 1. The number of non-ortho nitro benzene ring substituents is 1. The molecule has 0 aromatic heterocycles. The molecule has 17 heteroatoms. The van der Waals surface area contributed by atoms with Gasteiger partial charge in [0.25, 0.3) is 11.6 Å². The van der Waals surface area contributed by atoms with E-state index in [9.17, 15) is 29.1 Å². The van der Waals surface area contributed by atoms with Crippen molar-refractivity contribution in [2.75, 3.05) is 12.1 Å². The molecular weight excluding hydrogens is 630 g/mol. The Hall–Kier alpha value is -3.26. The van der Waals surface area contributed by atoms with Gasteiger partial charge in [-0.1, -0.05) is 23.2 Å². The van der Waals surface area contributed by atoms with Gasteiger partial charge < -0.3 is 19.5 Å². The average Bonchev–Trinajstić information content (AvgIpc) is 2.89. The first-order valence-corrected chi connectivity index (χ1v) is 15.3. The number of nitro groups is 1. The number of carbonyl (C=O) groups is 3. The van der Waals surface area contributed by atoms with E-state index in [2.05, 4.69) is 15.5 Å². The topological polar surface area (TPSA) is 184 Å². The maximum absolute atomic E-state index is 13.7. The molecule has 1 amide bonds. The standard InChI is InChI=1S/C26H33Cl2N4O10P/c1-14(2)41-25(34)16(5)30-43(38,31-17(6)26(35)42-15(3)4)40-13-39-23-10-7-18(27)11-20(23)24(33)29-22-9-8-19(32(36)37)12-21(22)28/h7-12,14-17H,13H2,1-6H3,(H,29,33)(H2,30,31,38)/t16-,17-/m0/s1. The Morgan fingerprint density at radius 2 is 1.47 bits per heavy atom. The molecule has 43 heavy (non-hydrogen) atoms. The van der Waals surface area contributed by atoms with E-state index in [1.807, 2.05) is 0 Å². The number of nitrogens with one attached hydrogen (secondary N) is 3. The van der Waals surface area contributed by atoms with E-state index in [0.29, 0.717) is 0 Å². The van der Waals surface area contributed by atoms with E-state index in [1.165, 1.54) is 38.1 Å². The molecule has 236 valence electrons. The van der Waals surface area contributed by atoms with Crippen LogP contribution in [0.25, 0.3) is 0 Å². The molecule has 0 saturated carbocycles. The minimum atomic E-state index is -4.21. The first kappa shape index (κ1) is 35.9. The molecule has 0 radical (unpaired) electrons. The smallest absolute Gasteiger partial charge is 0.345 e. The van der Waals surface area contributed by atoms with Gasteiger partial charge in [-0.2, -0.15) is 0 Å². The van der Waals surface area contributed by atoms with E-state index in [1.54, 1.807) is 27.7 Å². The molecule has 0 unspecified atom stereocenters. The summed E-state index contributed by atoms with van der Waals surface area (Å²) in [6, 6.07) is 5.32. The number of nitro benzene ring substituents is 1. The van der Waals surface area contributed by atoms with Crippen LogP contribution in [0.1, 0.15) is 51.9 Å². The number of amides is 1. The summed E-state index contributed by atoms with van der Waals surface area (Å²) in [5.74, 6) is -2.23. The van der Waals surface area contributed by atoms with Crippen LogP contribution in [0.2, 0.25) is 10.0 Å². The van der Waals surface area contributed by atoms with Crippen molar-refractivity contribution in [1.29, 1.82) is 0 Å². The fraction of sp³-hybridized carbons (Fsp3) is 0.423. The molecule has 2 rings (SSSR count). The SMILES string of the molecule is CC(C)OC(=O)[C@H](C)NP(=O)(N[C@@H](C)C(=O)OC(C)C)OCOc1ccc(Cl)cc1C(=O)Nc1ccc([N+](=O)[O-])cc1Cl. The molecule has 0 spiro atoms. The molecule has 2 atom stereocenters. The second-order valence-corrected chi connectivity index (χ2v) is 12.4. The van der Waals surface area contributed by atoms with Gasteiger partial charge in [-0.15, -0.1) is 0 Å². The Labute approximate surface area is 258 Å². The molecule has 2 aromatic rings. The molecule has 0 aliphatic carbocycles. The van der Waals surface area contributed by atoms with Crippen molar-refractivity contribution in [2.45, 2.75) is 65.8 Å². The lowest BCUT2D eigenvalue weighted by atomic mass is 10.1. The summed E-state index contributed by atoms with van der Waals surface area (Å²) in [6.45, 7) is 8.64. The summed E-state index contributed by atoms with van der Waals surface area (Å²) in [4.78, 5) is 48.1. The summed E-state index contributed by atoms with van der Waals surface area (Å²) >= 11 is 12.2. The van der Waals surface area contributed by atoms with E-state index >= 15 is 0 Å². The molecule has 3 N–H and O–H groups in total. The highest BCUT2D eigenvalue weighted by atomic mass is 35.5. The van der Waals surface area contributed by atoms with Crippen molar-refractivity contribution in [2.24, 2.45) is 0 Å². The molecule has 0 aliphatic heterocycles. The number of rotatable bonds is 15. The number of hydrogen-bond acceptors (Lipinski definition) is 10. The maximum Gasteiger partial charge on any atom is 0.345 e. The summed E-state index contributed by atoms with van der Waals surface area (Å²) < 4.78 is 35.1. The van der Waals surface area contributed by atoms with Crippen LogP contribution in [-0.4, -0.2) is 53.9 Å². The Balaban J connectivity index is 2.24. The Morgan fingerprint density at radius 3 is 1.95 bits per heavy atom. The zero-order valence-corrected chi connectivity index (χ0v) is 26.6. The van der Waals surface area contributed by atoms with Crippen LogP contribution >= 0.6 is 30.9 Å². The maximum atomic E-state index is 13.7. The predicted octanol–water partition coefficient (Wildman–Crippen LogP) is 5.47. The lowest BCUT2D eigenvalue weighted by Crippen LogP contribution is -2.43. The normalized spacial score (nSPS) is 12.9. The molecular formula is C26H33Cl2N4O10P. The molecule has 0 aliphatic rings. The Kier molecular flexibility index (Phi) is 13.4. The van der Waals surface area contributed by atoms with Crippen molar-refractivity contribution in [3.63, 3.8) is 0 Å². The van der Waals surface area contributed by atoms with Gasteiger partial charge in [0.2, 0.25) is 0 Å². The fourth-order valence-corrected chi connectivity index (χ4v) is 5.32. The number of carbonyl (C=O) groups excluding carboxylic acids is 3. The molecule has 0 heterocycles. The molecule has 14 nitrogen and oxygen atoms in total. The first-order chi connectivity index (χ1) is 20.0. The van der Waals surface area contributed by atoms with Crippen LogP contribution in [-0.2, 0) is 28.2 Å². The molecule has 0 saturated heterocycles. The largest absolute Gasteiger partial charge is 0.466 e. The minimum absolute atomic E-state index is 0.0500. The van der Waals surface area contributed by atoms with Gasteiger partial charge in [0, 0.05) is 17.2 Å². The summed E-state index contributed by atoms with van der Waals surface area (Å²) in [6.07, 6.45) is -0.882. The van der Waals surface area contributed by atoms with Crippen LogP contribution in [0.5, 0.6) is 5.75 Å². The predicted molar refractivity (Wildman–Crippen MR) is 159 cm³/mol. The number of esters is 2. The fourth-order valence-electron chi connectivity index (χ4n) is 3.27. The Bertz CT molecular complexity index is 1360. The quantitative estimate of drug-likeness (QED) is 0.0719. The van der Waals surface area contributed by atoms with Crippen molar-refractivity contribution in [3.05, 3.63) is 62.1 Å². The van der Waals surface area contributed by atoms with E-state index in [4.69, 9.17) is 41.9 Å². The van der Waals surface area contributed by atoms with Crippen LogP contribution in [0.3, 0.4) is 0 Å². The van der Waals surface area contributed by atoms with Gasteiger partial charge in [-0.05, 0) is 65.8 Å². The van der Waals surface area contributed by atoms with Gasteiger partial charge in [-0.3, -0.25) is 33.6 Å². The number of hydrogen-bond donors (Lipinski definition) is 3.